The van der Waals surface area contributed by atoms with Crippen molar-refractivity contribution in [2.24, 2.45) is 5.92 Å². The zero-order chi connectivity index (χ0) is 15.6. The van der Waals surface area contributed by atoms with Crippen LogP contribution in [0.3, 0.4) is 0 Å². The summed E-state index contributed by atoms with van der Waals surface area (Å²) in [6.07, 6.45) is 2.03. The molecule has 1 aromatic carbocycles. The van der Waals surface area contributed by atoms with Crippen molar-refractivity contribution < 1.29 is 12.8 Å². The fourth-order valence-corrected chi connectivity index (χ4v) is 3.65. The van der Waals surface area contributed by atoms with E-state index >= 15 is 0 Å². The molecule has 0 saturated carbocycles. The average molecular weight is 314 g/mol. The van der Waals surface area contributed by atoms with Gasteiger partial charge in [0.05, 0.1) is 6.26 Å². The Bertz CT molecular complexity index is 604. The van der Waals surface area contributed by atoms with Gasteiger partial charge in [0.1, 0.15) is 5.82 Å². The van der Waals surface area contributed by atoms with E-state index in [0.29, 0.717) is 25.2 Å². The number of sulfonamides is 1. The topological polar surface area (TPSA) is 49.4 Å². The molecule has 2 rings (SSSR count). The quantitative estimate of drug-likeness (QED) is 0.923. The van der Waals surface area contributed by atoms with E-state index in [-0.39, 0.29) is 17.8 Å². The second kappa shape index (κ2) is 6.42. The van der Waals surface area contributed by atoms with Gasteiger partial charge in [-0.05, 0) is 36.5 Å². The van der Waals surface area contributed by atoms with Gasteiger partial charge in [0.15, 0.2) is 0 Å². The van der Waals surface area contributed by atoms with Gasteiger partial charge in [-0.1, -0.05) is 19.1 Å². The number of nitrogens with one attached hydrogen (secondary N) is 1. The molecule has 4 nitrogen and oxygen atoms in total. The van der Waals surface area contributed by atoms with E-state index in [4.69, 9.17) is 0 Å². The second-order valence-electron chi connectivity index (χ2n) is 5.96. The lowest BCUT2D eigenvalue weighted by atomic mass is 9.95. The Hall–Kier alpha value is -0.980. The summed E-state index contributed by atoms with van der Waals surface area (Å²) < 4.78 is 38.1. The van der Waals surface area contributed by atoms with Crippen LogP contribution in [-0.2, 0) is 16.6 Å². The first-order chi connectivity index (χ1) is 9.77. The predicted molar refractivity (Wildman–Crippen MR) is 82.0 cm³/mol. The summed E-state index contributed by atoms with van der Waals surface area (Å²) >= 11 is 0. The molecule has 0 spiro atoms. The standard InChI is InChI=1S/C15H23FN2O2S/c1-11-4-5-13(8-14(11)16)9-17-15-6-7-18(10-12(15)2)21(3,19)20/h4-5,8,12,15,17H,6-7,9-10H2,1-3H3. The maximum Gasteiger partial charge on any atom is 0.211 e. The molecular formula is C15H23FN2O2S. The number of rotatable bonds is 4. The van der Waals surface area contributed by atoms with Crippen LogP contribution in [0.25, 0.3) is 0 Å². The molecule has 6 heteroatoms. The summed E-state index contributed by atoms with van der Waals surface area (Å²) in [7, 11) is -3.10. The molecule has 0 aliphatic carbocycles. The van der Waals surface area contributed by atoms with Crippen LogP contribution in [-0.4, -0.2) is 38.1 Å². The molecule has 1 N–H and O–H groups in total. The molecule has 1 aliphatic rings. The van der Waals surface area contributed by atoms with Crippen molar-refractivity contribution in [2.75, 3.05) is 19.3 Å². The van der Waals surface area contributed by atoms with Gasteiger partial charge in [0, 0.05) is 25.7 Å². The highest BCUT2D eigenvalue weighted by atomic mass is 32.2. The average Bonchev–Trinajstić information content (AvgIpc) is 2.40. The van der Waals surface area contributed by atoms with Gasteiger partial charge < -0.3 is 5.32 Å². The van der Waals surface area contributed by atoms with Gasteiger partial charge in [0.2, 0.25) is 10.0 Å². The minimum atomic E-state index is -3.10. The van der Waals surface area contributed by atoms with Crippen LogP contribution in [0.15, 0.2) is 18.2 Å². The zero-order valence-corrected chi connectivity index (χ0v) is 13.6. The molecular weight excluding hydrogens is 291 g/mol. The molecule has 0 bridgehead atoms. The molecule has 2 unspecified atom stereocenters. The van der Waals surface area contributed by atoms with Gasteiger partial charge in [0.25, 0.3) is 0 Å². The van der Waals surface area contributed by atoms with E-state index in [1.54, 1.807) is 19.1 Å². The summed E-state index contributed by atoms with van der Waals surface area (Å²) in [6.45, 7) is 5.48. The lowest BCUT2D eigenvalue weighted by Gasteiger charge is -2.36. The highest BCUT2D eigenvalue weighted by molar-refractivity contribution is 7.88. The predicted octanol–water partition coefficient (Wildman–Crippen LogP) is 1.89. The van der Waals surface area contributed by atoms with Crippen LogP contribution in [0.2, 0.25) is 0 Å². The summed E-state index contributed by atoms with van der Waals surface area (Å²) in [6, 6.07) is 5.51. The first-order valence-corrected chi connectivity index (χ1v) is 9.05. The molecule has 0 aromatic heterocycles. The third-order valence-electron chi connectivity index (χ3n) is 4.14. The van der Waals surface area contributed by atoms with Crippen molar-refractivity contribution in [3.05, 3.63) is 35.1 Å². The lowest BCUT2D eigenvalue weighted by molar-refractivity contribution is 0.220. The lowest BCUT2D eigenvalue weighted by Crippen LogP contribution is -2.49. The fourth-order valence-electron chi connectivity index (χ4n) is 2.71. The van der Waals surface area contributed by atoms with Gasteiger partial charge >= 0.3 is 0 Å². The number of piperidine rings is 1. The molecule has 1 aliphatic heterocycles. The molecule has 21 heavy (non-hydrogen) atoms. The molecule has 0 amide bonds. The van der Waals surface area contributed by atoms with Crippen LogP contribution in [0, 0.1) is 18.7 Å². The Morgan fingerprint density at radius 2 is 2.14 bits per heavy atom. The Morgan fingerprint density at radius 1 is 1.43 bits per heavy atom. The number of hydrogen-bond acceptors (Lipinski definition) is 3. The third kappa shape index (κ3) is 4.25. The summed E-state index contributed by atoms with van der Waals surface area (Å²) in [5.41, 5.74) is 1.56. The maximum absolute atomic E-state index is 13.5. The normalized spacial score (nSPS) is 24.2. The number of aryl methyl sites for hydroxylation is 1. The SMILES string of the molecule is Cc1ccc(CNC2CCN(S(C)(=O)=O)CC2C)cc1F. The van der Waals surface area contributed by atoms with E-state index < -0.39 is 10.0 Å². The minimum Gasteiger partial charge on any atom is -0.310 e. The van der Waals surface area contributed by atoms with Crippen LogP contribution >= 0.6 is 0 Å². The van der Waals surface area contributed by atoms with Crippen LogP contribution in [0.1, 0.15) is 24.5 Å². The van der Waals surface area contributed by atoms with Crippen molar-refractivity contribution in [1.82, 2.24) is 9.62 Å². The van der Waals surface area contributed by atoms with Crippen molar-refractivity contribution >= 4 is 10.0 Å². The fraction of sp³-hybridized carbons (Fsp3) is 0.600. The molecule has 1 heterocycles. The Kier molecular flexibility index (Phi) is 5.01. The monoisotopic (exact) mass is 314 g/mol. The van der Waals surface area contributed by atoms with E-state index in [2.05, 4.69) is 5.32 Å². The third-order valence-corrected chi connectivity index (χ3v) is 5.41. The van der Waals surface area contributed by atoms with Gasteiger partial charge in [-0.15, -0.1) is 0 Å². The van der Waals surface area contributed by atoms with Gasteiger partial charge in [-0.3, -0.25) is 0 Å². The number of halogens is 1. The highest BCUT2D eigenvalue weighted by Crippen LogP contribution is 2.19. The molecule has 0 radical (unpaired) electrons. The molecule has 1 aromatic rings. The first-order valence-electron chi connectivity index (χ1n) is 7.21. The van der Waals surface area contributed by atoms with E-state index in [1.165, 1.54) is 10.6 Å². The summed E-state index contributed by atoms with van der Waals surface area (Å²) in [5.74, 6) is 0.0537. The van der Waals surface area contributed by atoms with E-state index in [9.17, 15) is 12.8 Å². The van der Waals surface area contributed by atoms with Crippen LogP contribution < -0.4 is 5.32 Å². The van der Waals surface area contributed by atoms with Crippen molar-refractivity contribution in [3.8, 4) is 0 Å². The molecule has 2 atom stereocenters. The Balaban J connectivity index is 1.91. The number of hydrogen-bond donors (Lipinski definition) is 1. The maximum atomic E-state index is 13.5. The summed E-state index contributed by atoms with van der Waals surface area (Å²) in [4.78, 5) is 0. The van der Waals surface area contributed by atoms with Gasteiger partial charge in [-0.25, -0.2) is 17.1 Å². The number of benzene rings is 1. The zero-order valence-electron chi connectivity index (χ0n) is 12.8. The van der Waals surface area contributed by atoms with Crippen molar-refractivity contribution in [1.29, 1.82) is 0 Å². The smallest absolute Gasteiger partial charge is 0.211 e. The second-order valence-corrected chi connectivity index (χ2v) is 7.94. The van der Waals surface area contributed by atoms with Crippen molar-refractivity contribution in [3.63, 3.8) is 0 Å². The molecule has 1 saturated heterocycles. The summed E-state index contributed by atoms with van der Waals surface area (Å²) in [5, 5.41) is 3.42. The Labute approximate surface area is 126 Å². The van der Waals surface area contributed by atoms with Crippen molar-refractivity contribution in [2.45, 2.75) is 32.9 Å². The number of nitrogens with zero attached hydrogens (tertiary/aromatic N) is 1. The van der Waals surface area contributed by atoms with Crippen LogP contribution in [0.5, 0.6) is 0 Å². The van der Waals surface area contributed by atoms with Gasteiger partial charge in [-0.2, -0.15) is 0 Å². The van der Waals surface area contributed by atoms with Crippen LogP contribution in [0.4, 0.5) is 4.39 Å². The first kappa shape index (κ1) is 16.4. The Morgan fingerprint density at radius 3 is 2.71 bits per heavy atom. The van der Waals surface area contributed by atoms with E-state index in [0.717, 1.165) is 12.0 Å². The van der Waals surface area contributed by atoms with E-state index in [1.807, 2.05) is 13.0 Å². The molecule has 1 fully saturated rings. The highest BCUT2D eigenvalue weighted by Gasteiger charge is 2.29. The molecule has 118 valence electrons. The minimum absolute atomic E-state index is 0.186. The largest absolute Gasteiger partial charge is 0.310 e.